The van der Waals surface area contributed by atoms with E-state index >= 15 is 0 Å². The van der Waals surface area contributed by atoms with Gasteiger partial charge in [-0.25, -0.2) is 9.78 Å². The first-order valence-corrected chi connectivity index (χ1v) is 13.0. The third kappa shape index (κ3) is 6.88. The minimum Gasteiger partial charge on any atom is -0.445 e. The molecule has 0 saturated carbocycles. The van der Waals surface area contributed by atoms with Gasteiger partial charge in [0, 0.05) is 18.7 Å². The maximum absolute atomic E-state index is 13.2. The summed E-state index contributed by atoms with van der Waals surface area (Å²) in [7, 11) is 0. The fraction of sp³-hybridized carbons (Fsp3) is 0.321. The van der Waals surface area contributed by atoms with Crippen molar-refractivity contribution in [2.45, 2.75) is 52.7 Å². The van der Waals surface area contributed by atoms with Gasteiger partial charge in [0.2, 0.25) is 11.9 Å². The van der Waals surface area contributed by atoms with E-state index in [1.165, 1.54) is 10.6 Å². The Bertz CT molecular complexity index is 1560. The van der Waals surface area contributed by atoms with Crippen molar-refractivity contribution in [3.8, 4) is 0 Å². The zero-order valence-corrected chi connectivity index (χ0v) is 23.0. The molecule has 0 radical (unpaired) electrons. The number of rotatable bonds is 11. The molecule has 4 aromatic rings. The Kier molecular flexibility index (Phi) is 9.00. The lowest BCUT2D eigenvalue weighted by Crippen LogP contribution is -2.41. The first kappa shape index (κ1) is 29.2. The van der Waals surface area contributed by atoms with Crippen molar-refractivity contribution in [3.05, 3.63) is 76.6 Å². The smallest absolute Gasteiger partial charge is 0.407 e. The third-order valence-corrected chi connectivity index (χ3v) is 6.46. The van der Waals surface area contributed by atoms with Crippen LogP contribution in [0.15, 0.2) is 48.5 Å². The van der Waals surface area contributed by atoms with Crippen LogP contribution in [0.3, 0.4) is 0 Å². The summed E-state index contributed by atoms with van der Waals surface area (Å²) in [4.78, 5) is 41.6. The molecule has 3 amide bonds. The van der Waals surface area contributed by atoms with E-state index < -0.39 is 30.1 Å². The molecule has 2 aromatic carbocycles. The van der Waals surface area contributed by atoms with Crippen LogP contribution in [-0.2, 0) is 24.4 Å². The van der Waals surface area contributed by atoms with Gasteiger partial charge in [-0.2, -0.15) is 5.10 Å². The number of aliphatic hydroxyl groups excluding tert-OH is 2. The highest BCUT2D eigenvalue weighted by Gasteiger charge is 2.24. The maximum atomic E-state index is 13.2. The summed E-state index contributed by atoms with van der Waals surface area (Å²) >= 11 is 0. The molecule has 0 aliphatic rings. The Morgan fingerprint density at radius 3 is 2.49 bits per heavy atom. The molecule has 2 aromatic heterocycles. The van der Waals surface area contributed by atoms with Gasteiger partial charge in [0.1, 0.15) is 12.3 Å². The minimum absolute atomic E-state index is 0.0540. The second kappa shape index (κ2) is 12.6. The number of anilines is 1. The number of alkyl carbamates (subject to hydrolysis) is 1. The molecule has 41 heavy (non-hydrogen) atoms. The second-order valence-electron chi connectivity index (χ2n) is 9.59. The van der Waals surface area contributed by atoms with Crippen LogP contribution in [0, 0.1) is 13.8 Å². The molecule has 2 atom stereocenters. The topological polar surface area (TPSA) is 187 Å². The number of carbonyl (C=O) groups excluding carboxylic acids is 3. The van der Waals surface area contributed by atoms with Gasteiger partial charge in [-0.3, -0.25) is 19.6 Å². The molecule has 6 N–H and O–H groups in total. The van der Waals surface area contributed by atoms with Gasteiger partial charge in [-0.1, -0.05) is 30.3 Å². The molecule has 0 unspecified atom stereocenters. The van der Waals surface area contributed by atoms with Gasteiger partial charge in [0.05, 0.1) is 35.5 Å². The lowest BCUT2D eigenvalue weighted by Gasteiger charge is -2.21. The fourth-order valence-electron chi connectivity index (χ4n) is 4.43. The van der Waals surface area contributed by atoms with Crippen molar-refractivity contribution in [1.82, 2.24) is 24.6 Å². The normalized spacial score (nSPS) is 12.6. The van der Waals surface area contributed by atoms with E-state index in [2.05, 4.69) is 20.7 Å². The van der Waals surface area contributed by atoms with Gasteiger partial charge in [0.25, 0.3) is 5.91 Å². The highest BCUT2D eigenvalue weighted by Crippen LogP contribution is 2.26. The number of benzene rings is 2. The molecule has 0 aliphatic carbocycles. The molecular formula is C28H33N7O6. The van der Waals surface area contributed by atoms with Crippen LogP contribution in [0.1, 0.15) is 44.6 Å². The number of fused-ring (bicyclic) bond motifs is 1. The van der Waals surface area contributed by atoms with E-state index in [1.807, 2.05) is 37.3 Å². The summed E-state index contributed by atoms with van der Waals surface area (Å²) in [6, 6.07) is 13.8. The molecule has 0 spiro atoms. The second-order valence-corrected chi connectivity index (χ2v) is 9.59. The lowest BCUT2D eigenvalue weighted by molar-refractivity contribution is 0.0107. The number of primary amides is 1. The van der Waals surface area contributed by atoms with Crippen LogP contribution < -0.4 is 16.4 Å². The predicted molar refractivity (Wildman–Crippen MR) is 150 cm³/mol. The zero-order valence-electron chi connectivity index (χ0n) is 23.0. The number of ether oxygens (including phenoxy) is 1. The van der Waals surface area contributed by atoms with Crippen LogP contribution in [0.2, 0.25) is 0 Å². The van der Waals surface area contributed by atoms with Crippen molar-refractivity contribution in [3.63, 3.8) is 0 Å². The Balaban J connectivity index is 1.53. The Morgan fingerprint density at radius 1 is 1.07 bits per heavy atom. The first-order valence-electron chi connectivity index (χ1n) is 13.0. The van der Waals surface area contributed by atoms with Crippen molar-refractivity contribution < 1.29 is 29.3 Å². The van der Waals surface area contributed by atoms with Crippen molar-refractivity contribution in [1.29, 1.82) is 0 Å². The van der Waals surface area contributed by atoms with E-state index in [1.54, 1.807) is 30.7 Å². The maximum Gasteiger partial charge on any atom is 0.407 e. The van der Waals surface area contributed by atoms with Gasteiger partial charge < -0.3 is 30.6 Å². The van der Waals surface area contributed by atoms with Crippen LogP contribution in [0.5, 0.6) is 0 Å². The molecule has 0 saturated heterocycles. The molecular weight excluding hydrogens is 530 g/mol. The number of nitrogens with one attached hydrogen (secondary N) is 2. The molecule has 0 bridgehead atoms. The summed E-state index contributed by atoms with van der Waals surface area (Å²) in [6.45, 7) is 5.41. The molecule has 0 fully saturated rings. The number of imidazole rings is 1. The number of hydrogen-bond donors (Lipinski definition) is 5. The van der Waals surface area contributed by atoms with Gasteiger partial charge in [-0.15, -0.1) is 0 Å². The predicted octanol–water partition coefficient (Wildman–Crippen LogP) is 1.87. The molecule has 13 nitrogen and oxygen atoms in total. The summed E-state index contributed by atoms with van der Waals surface area (Å²) in [5.74, 6) is -1.04. The number of aryl methyl sites for hydroxylation is 3. The molecule has 13 heteroatoms. The molecule has 216 valence electrons. The van der Waals surface area contributed by atoms with E-state index in [4.69, 9.17) is 10.5 Å². The van der Waals surface area contributed by atoms with Crippen LogP contribution in [0.25, 0.3) is 11.0 Å². The van der Waals surface area contributed by atoms with Gasteiger partial charge in [-0.05, 0) is 50.1 Å². The van der Waals surface area contributed by atoms with Crippen molar-refractivity contribution in [2.75, 3.05) is 11.9 Å². The highest BCUT2D eigenvalue weighted by molar-refractivity contribution is 6.03. The summed E-state index contributed by atoms with van der Waals surface area (Å²) in [6.07, 6.45) is -3.51. The summed E-state index contributed by atoms with van der Waals surface area (Å²) in [5, 5.41) is 31.0. The van der Waals surface area contributed by atoms with Gasteiger partial charge in [0.15, 0.2) is 0 Å². The first-order chi connectivity index (χ1) is 19.6. The van der Waals surface area contributed by atoms with Gasteiger partial charge >= 0.3 is 6.09 Å². The number of hydrogen-bond acceptors (Lipinski definition) is 8. The third-order valence-electron chi connectivity index (χ3n) is 6.46. The van der Waals surface area contributed by atoms with Crippen LogP contribution in [-0.4, -0.2) is 66.2 Å². The Labute approximate surface area is 235 Å². The van der Waals surface area contributed by atoms with Crippen molar-refractivity contribution >= 4 is 34.9 Å². The van der Waals surface area contributed by atoms with E-state index in [0.29, 0.717) is 34.5 Å². The minimum atomic E-state index is -1.38. The van der Waals surface area contributed by atoms with Crippen LogP contribution >= 0.6 is 0 Å². The monoisotopic (exact) mass is 563 g/mol. The summed E-state index contributed by atoms with van der Waals surface area (Å²) in [5.41, 5.74) is 8.98. The Morgan fingerprint density at radius 2 is 1.80 bits per heavy atom. The van der Waals surface area contributed by atoms with Crippen molar-refractivity contribution in [2.24, 2.45) is 5.73 Å². The number of nitrogens with zero attached hydrogens (tertiary/aromatic N) is 4. The quantitative estimate of drug-likeness (QED) is 0.183. The summed E-state index contributed by atoms with van der Waals surface area (Å²) < 4.78 is 8.23. The molecule has 4 rings (SSSR count). The number of aliphatic hydroxyl groups is 2. The lowest BCUT2D eigenvalue weighted by atomic mass is 10.1. The average molecular weight is 564 g/mol. The SMILES string of the molecule is CCn1nc(C)cc1C(=O)Nc1nc2cc(C(N)=O)cc(C)c2n1C[C@H](O)[C@@H](O)CNC(=O)OCc1ccccc1. The number of aromatic nitrogens is 4. The molecule has 0 aliphatic heterocycles. The zero-order chi connectivity index (χ0) is 29.7. The highest BCUT2D eigenvalue weighted by atomic mass is 16.5. The van der Waals surface area contributed by atoms with E-state index in [-0.39, 0.29) is 31.2 Å². The number of nitrogens with two attached hydrogens (primary N) is 1. The fourth-order valence-corrected chi connectivity index (χ4v) is 4.43. The number of carbonyl (C=O) groups is 3. The van der Waals surface area contributed by atoms with E-state index in [9.17, 15) is 24.6 Å². The standard InChI is InChI=1S/C28H33N7O6/c1-4-35-21(11-17(3)33-35)26(39)32-27-31-20-12-19(25(29)38)10-16(2)24(20)34(27)14-23(37)22(36)13-30-28(40)41-15-18-8-6-5-7-9-18/h5-12,22-23,36-37H,4,13-15H2,1-3H3,(H2,29,38)(H,30,40)(H,31,32,39)/t22-,23-/m0/s1. The van der Waals surface area contributed by atoms with Crippen LogP contribution in [0.4, 0.5) is 10.7 Å². The largest absolute Gasteiger partial charge is 0.445 e. The number of amides is 3. The molecule has 2 heterocycles. The van der Waals surface area contributed by atoms with E-state index in [0.717, 1.165) is 5.56 Å². The average Bonchev–Trinajstić information content (AvgIpc) is 3.50. The Hall–Kier alpha value is -4.75.